The molecule has 6 aromatic heterocycles. The number of pyridine rings is 1. The summed E-state index contributed by atoms with van der Waals surface area (Å²) in [5.41, 5.74) is 17.6. The minimum Gasteiger partial charge on any atom is -0.306 e. The van der Waals surface area contributed by atoms with E-state index >= 15 is 0 Å². The van der Waals surface area contributed by atoms with Gasteiger partial charge in [0.1, 0.15) is 0 Å². The Hall–Kier alpha value is -14.8. The molecule has 0 N–H and O–H groups in total. The second-order valence-electron chi connectivity index (χ2n) is 25.3. The summed E-state index contributed by atoms with van der Waals surface area (Å²) in [4.78, 5) is 23.2. The molecule has 0 aliphatic heterocycles. The molecule has 19 aromatic rings. The van der Waals surface area contributed by atoms with Gasteiger partial charge in [-0.3, -0.25) is 0 Å². The van der Waals surface area contributed by atoms with Crippen LogP contribution in [0.3, 0.4) is 0 Å². The summed E-state index contributed by atoms with van der Waals surface area (Å²) in [6.45, 7) is 0. The van der Waals surface area contributed by atoms with Gasteiger partial charge >= 0.3 is 0 Å². The lowest BCUT2D eigenvalue weighted by Crippen LogP contribution is -2.17. The highest BCUT2D eigenvalue weighted by Crippen LogP contribution is 2.56. The standard InChI is InChI=1S/C90H50N12/c91-51-55-37-43-77-68(47-55)63-29-13-17-33-73(63)99(77)84-81(67-41-42-72(59-21-5-1-6-22-59)95-83(67)60-23-7-2-8-24-60)82(90-97-88(61-25-9-3-10-26-61)96-89(98-90)62-27-11-4-12-28-62)85(100-74-34-18-14-30-64(74)69-48-56(52-92)38-44-78(69)100)87(102-76-36-20-16-32-66(76)71-50-58(54-94)40-46-80(71)102)86(84)101-75-35-19-15-31-65(75)70-49-57(53-93)39-45-79(70)101/h1-50H. The second kappa shape index (κ2) is 23.5. The normalized spacial score (nSPS) is 11.5. The van der Waals surface area contributed by atoms with Crippen molar-refractivity contribution in [3.8, 4) is 115 Å². The number of hydrogen-bond donors (Lipinski definition) is 0. The fraction of sp³-hybridized carbons (Fsp3) is 0. The van der Waals surface area contributed by atoms with Crippen molar-refractivity contribution >= 4 is 87.2 Å². The van der Waals surface area contributed by atoms with Crippen LogP contribution in [-0.4, -0.2) is 38.2 Å². The van der Waals surface area contributed by atoms with E-state index in [-0.39, 0.29) is 0 Å². The van der Waals surface area contributed by atoms with Crippen LogP contribution in [0.1, 0.15) is 22.3 Å². The average Bonchev–Trinajstić information content (AvgIpc) is 1.42. The van der Waals surface area contributed by atoms with Gasteiger partial charge in [-0.2, -0.15) is 21.0 Å². The highest BCUT2D eigenvalue weighted by Gasteiger charge is 2.38. The fourth-order valence-corrected chi connectivity index (χ4v) is 15.3. The number of fused-ring (bicyclic) bond motifs is 12. The predicted octanol–water partition coefficient (Wildman–Crippen LogP) is 21.1. The van der Waals surface area contributed by atoms with Crippen molar-refractivity contribution in [1.29, 1.82) is 21.0 Å². The first kappa shape index (κ1) is 58.5. The van der Waals surface area contributed by atoms with E-state index in [0.717, 1.165) is 115 Å². The number of hydrogen-bond acceptors (Lipinski definition) is 8. The molecular formula is C90H50N12. The van der Waals surface area contributed by atoms with Gasteiger partial charge in [0.15, 0.2) is 17.5 Å². The van der Waals surface area contributed by atoms with Gasteiger partial charge in [0.2, 0.25) is 0 Å². The van der Waals surface area contributed by atoms with Crippen LogP contribution in [0.5, 0.6) is 0 Å². The van der Waals surface area contributed by atoms with E-state index < -0.39 is 0 Å². The van der Waals surface area contributed by atoms with Crippen molar-refractivity contribution in [3.63, 3.8) is 0 Å². The summed E-state index contributed by atoms with van der Waals surface area (Å²) in [6, 6.07) is 112. The molecular weight excluding hydrogens is 1250 g/mol. The minimum absolute atomic E-state index is 0.313. The summed E-state index contributed by atoms with van der Waals surface area (Å²) in [7, 11) is 0. The van der Waals surface area contributed by atoms with Gasteiger partial charge in [0, 0.05) is 76.5 Å². The van der Waals surface area contributed by atoms with E-state index in [2.05, 4.69) is 170 Å². The molecule has 0 atom stereocenters. The van der Waals surface area contributed by atoms with Gasteiger partial charge < -0.3 is 18.3 Å². The van der Waals surface area contributed by atoms with Crippen LogP contribution in [0.25, 0.3) is 178 Å². The highest BCUT2D eigenvalue weighted by molar-refractivity contribution is 6.19. The van der Waals surface area contributed by atoms with Crippen LogP contribution < -0.4 is 0 Å². The van der Waals surface area contributed by atoms with Crippen molar-refractivity contribution in [3.05, 3.63) is 326 Å². The molecule has 470 valence electrons. The molecule has 6 heterocycles. The Labute approximate surface area is 583 Å². The van der Waals surface area contributed by atoms with E-state index in [1.54, 1.807) is 0 Å². The number of benzene rings is 13. The van der Waals surface area contributed by atoms with Crippen LogP contribution in [0.2, 0.25) is 0 Å². The van der Waals surface area contributed by atoms with E-state index in [1.165, 1.54) is 0 Å². The number of rotatable bonds is 10. The Morgan fingerprint density at radius 1 is 0.225 bits per heavy atom. The van der Waals surface area contributed by atoms with E-state index in [0.29, 0.717) is 84.9 Å². The molecule has 0 saturated carbocycles. The molecule has 12 heteroatoms. The molecule has 0 radical (unpaired) electrons. The molecule has 12 nitrogen and oxygen atoms in total. The Kier molecular flexibility index (Phi) is 13.5. The minimum atomic E-state index is 0.313. The van der Waals surface area contributed by atoms with Crippen molar-refractivity contribution in [2.45, 2.75) is 0 Å². The molecule has 19 rings (SSSR count). The number of nitriles is 4. The molecule has 0 amide bonds. The maximum atomic E-state index is 10.9. The zero-order valence-electron chi connectivity index (χ0n) is 54.2. The first-order valence-corrected chi connectivity index (χ1v) is 33.4. The van der Waals surface area contributed by atoms with Gasteiger partial charge in [0.25, 0.3) is 0 Å². The molecule has 0 aliphatic rings. The molecule has 0 spiro atoms. The quantitative estimate of drug-likeness (QED) is 0.130. The molecule has 0 saturated heterocycles. The number of aromatic nitrogens is 8. The van der Waals surface area contributed by atoms with Crippen LogP contribution >= 0.6 is 0 Å². The highest BCUT2D eigenvalue weighted by atomic mass is 15.2. The van der Waals surface area contributed by atoms with Gasteiger partial charge in [-0.15, -0.1) is 0 Å². The Morgan fingerprint density at radius 3 is 0.882 bits per heavy atom. The van der Waals surface area contributed by atoms with Crippen LogP contribution in [0.15, 0.2) is 303 Å². The summed E-state index contributed by atoms with van der Waals surface area (Å²) in [5.74, 6) is 1.15. The fourth-order valence-electron chi connectivity index (χ4n) is 15.3. The summed E-state index contributed by atoms with van der Waals surface area (Å²) < 4.78 is 9.43. The lowest BCUT2D eigenvalue weighted by atomic mass is 9.88. The molecule has 13 aromatic carbocycles. The molecule has 0 unspecified atom stereocenters. The smallest absolute Gasteiger partial charge is 0.167 e. The van der Waals surface area contributed by atoms with Gasteiger partial charge in [0.05, 0.1) is 130 Å². The topological polar surface area (TPSA) is 166 Å². The van der Waals surface area contributed by atoms with Crippen LogP contribution in [0, 0.1) is 45.3 Å². The maximum absolute atomic E-state index is 10.9. The van der Waals surface area contributed by atoms with Crippen molar-refractivity contribution in [2.75, 3.05) is 0 Å². The van der Waals surface area contributed by atoms with E-state index in [1.807, 2.05) is 176 Å². The van der Waals surface area contributed by atoms with Gasteiger partial charge in [-0.1, -0.05) is 194 Å². The average molecular weight is 1300 g/mol. The maximum Gasteiger partial charge on any atom is 0.167 e. The Balaban J connectivity index is 1.20. The lowest BCUT2D eigenvalue weighted by Gasteiger charge is -2.31. The summed E-state index contributed by atoms with van der Waals surface area (Å²) >= 11 is 0. The molecule has 0 aliphatic carbocycles. The lowest BCUT2D eigenvalue weighted by molar-refractivity contribution is 1.01. The van der Waals surface area contributed by atoms with Crippen LogP contribution in [0.4, 0.5) is 0 Å². The Bertz CT molecular complexity index is 6860. The first-order chi connectivity index (χ1) is 50.4. The Morgan fingerprint density at radius 2 is 0.520 bits per heavy atom. The van der Waals surface area contributed by atoms with Crippen LogP contribution in [-0.2, 0) is 0 Å². The van der Waals surface area contributed by atoms with Crippen molar-refractivity contribution < 1.29 is 0 Å². The summed E-state index contributed by atoms with van der Waals surface area (Å²) in [6.07, 6.45) is 0. The number of para-hydroxylation sites is 4. The summed E-state index contributed by atoms with van der Waals surface area (Å²) in [5, 5.41) is 50.5. The molecule has 0 fully saturated rings. The van der Waals surface area contributed by atoms with Crippen molar-refractivity contribution in [2.24, 2.45) is 0 Å². The number of nitrogens with zero attached hydrogens (tertiary/aromatic N) is 12. The zero-order valence-corrected chi connectivity index (χ0v) is 54.2. The first-order valence-electron chi connectivity index (χ1n) is 33.4. The SMILES string of the molecule is N#Cc1ccc2c(c1)c1ccccc1n2-c1c(-c2nc(-c3ccccc3)nc(-c3ccccc3)n2)c(-c2ccc(-c3ccccc3)nc2-c2ccccc2)c(-n2c3ccccc3c3cc(C#N)ccc32)c(-n2c3ccccc3c3cc(C#N)ccc32)c1-n1c2ccccc2c2cc(C#N)ccc21. The zero-order chi connectivity index (χ0) is 68.1. The molecule has 0 bridgehead atoms. The largest absolute Gasteiger partial charge is 0.306 e. The van der Waals surface area contributed by atoms with E-state index in [9.17, 15) is 21.0 Å². The second-order valence-corrected chi connectivity index (χ2v) is 25.3. The third kappa shape index (κ3) is 9.06. The molecule has 102 heavy (non-hydrogen) atoms. The van der Waals surface area contributed by atoms with E-state index in [4.69, 9.17) is 19.9 Å². The predicted molar refractivity (Wildman–Crippen MR) is 406 cm³/mol. The third-order valence-corrected chi connectivity index (χ3v) is 19.7. The third-order valence-electron chi connectivity index (χ3n) is 19.7. The monoisotopic (exact) mass is 1300 g/mol. The van der Waals surface area contributed by atoms with Crippen molar-refractivity contribution in [1.82, 2.24) is 38.2 Å². The van der Waals surface area contributed by atoms with Gasteiger partial charge in [-0.25, -0.2) is 19.9 Å². The van der Waals surface area contributed by atoms with Gasteiger partial charge in [-0.05, 0) is 109 Å².